The van der Waals surface area contributed by atoms with Crippen molar-refractivity contribution in [3.8, 4) is 0 Å². The smallest absolute Gasteiger partial charge is 0.356 e. The number of carbonyl (C=O) groups excluding carboxylic acids is 2. The molecule has 6 nitrogen and oxygen atoms in total. The highest BCUT2D eigenvalue weighted by atomic mass is 16.5. The lowest BCUT2D eigenvalue weighted by Gasteiger charge is -2.45. The number of ether oxygens (including phenoxy) is 1. The van der Waals surface area contributed by atoms with Gasteiger partial charge in [-0.25, -0.2) is 10.2 Å². The summed E-state index contributed by atoms with van der Waals surface area (Å²) in [6.45, 7) is 6.24. The molecule has 0 spiro atoms. The molecule has 1 saturated carbocycles. The lowest BCUT2D eigenvalue weighted by molar-refractivity contribution is -0.141. The van der Waals surface area contributed by atoms with Crippen LogP contribution in [0.15, 0.2) is 114 Å². The number of hydrazine groups is 1. The van der Waals surface area contributed by atoms with Crippen molar-refractivity contribution in [2.75, 3.05) is 20.7 Å². The normalized spacial score (nSPS) is 19.5. The van der Waals surface area contributed by atoms with E-state index in [0.29, 0.717) is 12.1 Å². The van der Waals surface area contributed by atoms with Crippen molar-refractivity contribution >= 4 is 11.8 Å². The molecule has 40 heavy (non-hydrogen) atoms. The molecule has 1 aliphatic heterocycles. The maximum Gasteiger partial charge on any atom is 0.356 e. The zero-order valence-corrected chi connectivity index (χ0v) is 23.8. The monoisotopic (exact) mass is 535 g/mol. The first-order valence-corrected chi connectivity index (χ1v) is 13.8. The predicted molar refractivity (Wildman–Crippen MR) is 157 cm³/mol. The van der Waals surface area contributed by atoms with E-state index in [-0.39, 0.29) is 12.4 Å². The van der Waals surface area contributed by atoms with Gasteiger partial charge >= 0.3 is 5.97 Å². The van der Waals surface area contributed by atoms with Crippen LogP contribution in [0.25, 0.3) is 0 Å². The number of ketones is 1. The van der Waals surface area contributed by atoms with Crippen LogP contribution in [0.5, 0.6) is 0 Å². The number of nitrogens with one attached hydrogen (secondary N) is 1. The molecule has 0 bridgehead atoms. The summed E-state index contributed by atoms with van der Waals surface area (Å²) < 4.78 is 5.72. The topological polar surface area (TPSA) is 61.9 Å². The largest absolute Gasteiger partial charge is 0.461 e. The Morgan fingerprint density at radius 2 is 1.43 bits per heavy atom. The molecule has 1 fully saturated rings. The SMILES string of the molecule is CCOC(=O)C1=C2C(NN1C(c1ccccc1)(c1ccccc1)c1ccccc1)C(=O)C(=CN(C)C)CC2(C)C. The fraction of sp³-hybridized carbons (Fsp3) is 0.294. The van der Waals surface area contributed by atoms with Crippen LogP contribution in [0.4, 0.5) is 0 Å². The number of hydrogen-bond acceptors (Lipinski definition) is 6. The van der Waals surface area contributed by atoms with E-state index in [1.807, 2.05) is 84.8 Å². The van der Waals surface area contributed by atoms with Crippen LogP contribution in [-0.4, -0.2) is 48.4 Å². The molecule has 0 amide bonds. The summed E-state index contributed by atoms with van der Waals surface area (Å²) >= 11 is 0. The van der Waals surface area contributed by atoms with Gasteiger partial charge in [0.05, 0.1) is 6.61 Å². The first kappa shape index (κ1) is 27.4. The van der Waals surface area contributed by atoms with Crippen LogP contribution in [0.1, 0.15) is 43.9 Å². The first-order chi connectivity index (χ1) is 19.2. The van der Waals surface area contributed by atoms with Crippen LogP contribution < -0.4 is 5.43 Å². The summed E-state index contributed by atoms with van der Waals surface area (Å²) in [5, 5.41) is 1.92. The van der Waals surface area contributed by atoms with Gasteiger partial charge in [-0.15, -0.1) is 0 Å². The number of esters is 1. The number of benzene rings is 3. The van der Waals surface area contributed by atoms with E-state index < -0.39 is 23.0 Å². The third-order valence-corrected chi connectivity index (χ3v) is 7.76. The van der Waals surface area contributed by atoms with E-state index >= 15 is 0 Å². The van der Waals surface area contributed by atoms with Gasteiger partial charge in [-0.1, -0.05) is 105 Å². The van der Waals surface area contributed by atoms with Gasteiger partial charge in [0, 0.05) is 25.9 Å². The summed E-state index contributed by atoms with van der Waals surface area (Å²) in [7, 11) is 3.84. The Balaban J connectivity index is 1.87. The summed E-state index contributed by atoms with van der Waals surface area (Å²) in [4.78, 5) is 30.0. The quantitative estimate of drug-likeness (QED) is 0.247. The number of fused-ring (bicyclic) bond motifs is 1. The van der Waals surface area contributed by atoms with E-state index in [4.69, 9.17) is 4.74 Å². The summed E-state index contributed by atoms with van der Waals surface area (Å²) in [6, 6.07) is 29.7. The Morgan fingerprint density at radius 1 is 0.950 bits per heavy atom. The van der Waals surface area contributed by atoms with Crippen molar-refractivity contribution in [1.82, 2.24) is 15.3 Å². The number of nitrogens with zero attached hydrogens (tertiary/aromatic N) is 2. The lowest BCUT2D eigenvalue weighted by Crippen LogP contribution is -2.56. The maximum atomic E-state index is 14.1. The van der Waals surface area contributed by atoms with Crippen molar-refractivity contribution in [2.24, 2.45) is 5.41 Å². The Hall–Kier alpha value is -4.16. The van der Waals surface area contributed by atoms with E-state index in [0.717, 1.165) is 27.8 Å². The Bertz CT molecular complexity index is 1350. The molecule has 1 aliphatic carbocycles. The van der Waals surface area contributed by atoms with Crippen LogP contribution in [0, 0.1) is 5.41 Å². The van der Waals surface area contributed by atoms with Gasteiger partial charge in [-0.05, 0) is 41.0 Å². The third-order valence-electron chi connectivity index (χ3n) is 7.76. The minimum Gasteiger partial charge on any atom is -0.461 e. The van der Waals surface area contributed by atoms with Crippen LogP contribution >= 0.6 is 0 Å². The lowest BCUT2D eigenvalue weighted by atomic mass is 9.68. The number of hydrogen-bond donors (Lipinski definition) is 1. The molecule has 206 valence electrons. The third kappa shape index (κ3) is 4.52. The van der Waals surface area contributed by atoms with Gasteiger partial charge in [0.15, 0.2) is 5.78 Å². The van der Waals surface area contributed by atoms with Crippen molar-refractivity contribution < 1.29 is 14.3 Å². The van der Waals surface area contributed by atoms with E-state index in [9.17, 15) is 9.59 Å². The van der Waals surface area contributed by atoms with Crippen molar-refractivity contribution in [2.45, 2.75) is 38.8 Å². The molecular formula is C34H37N3O3. The van der Waals surface area contributed by atoms with Gasteiger partial charge in [0.1, 0.15) is 17.3 Å². The highest BCUT2D eigenvalue weighted by Crippen LogP contribution is 2.52. The molecule has 6 heteroatoms. The fourth-order valence-corrected chi connectivity index (χ4v) is 6.27. The molecule has 0 saturated heterocycles. The molecule has 2 aliphatic rings. The summed E-state index contributed by atoms with van der Waals surface area (Å²) in [5.74, 6) is -0.476. The minimum atomic E-state index is -0.988. The average molecular weight is 536 g/mol. The number of carbonyl (C=O) groups is 2. The number of Topliss-reactive ketones (excluding diaryl/α,β-unsaturated/α-hetero) is 1. The molecule has 5 rings (SSSR count). The highest BCUT2D eigenvalue weighted by Gasteiger charge is 2.56. The molecule has 3 aromatic rings. The summed E-state index contributed by atoms with van der Waals surface area (Å²) in [5.41, 5.74) is 6.85. The van der Waals surface area contributed by atoms with Crippen molar-refractivity contribution in [3.05, 3.63) is 131 Å². The highest BCUT2D eigenvalue weighted by molar-refractivity contribution is 6.06. The van der Waals surface area contributed by atoms with Crippen LogP contribution in [0.3, 0.4) is 0 Å². The predicted octanol–water partition coefficient (Wildman–Crippen LogP) is 5.43. The van der Waals surface area contributed by atoms with Gasteiger partial charge in [0.25, 0.3) is 0 Å². The second-order valence-corrected chi connectivity index (χ2v) is 11.2. The van der Waals surface area contributed by atoms with Gasteiger partial charge in [0.2, 0.25) is 0 Å². The molecular weight excluding hydrogens is 498 g/mol. The zero-order chi connectivity index (χ0) is 28.5. The molecule has 1 heterocycles. The van der Waals surface area contributed by atoms with Crippen molar-refractivity contribution in [1.29, 1.82) is 0 Å². The zero-order valence-electron chi connectivity index (χ0n) is 23.8. The molecule has 1 unspecified atom stereocenters. The average Bonchev–Trinajstić information content (AvgIpc) is 3.36. The van der Waals surface area contributed by atoms with Gasteiger partial charge in [-0.2, -0.15) is 0 Å². The first-order valence-electron chi connectivity index (χ1n) is 13.8. The molecule has 3 aromatic carbocycles. The van der Waals surface area contributed by atoms with Crippen molar-refractivity contribution in [3.63, 3.8) is 0 Å². The second kappa shape index (κ2) is 10.8. The van der Waals surface area contributed by atoms with E-state index in [1.165, 1.54) is 0 Å². The fourth-order valence-electron chi connectivity index (χ4n) is 6.27. The Morgan fingerprint density at radius 3 is 1.85 bits per heavy atom. The van der Waals surface area contributed by atoms with Crippen LogP contribution in [-0.2, 0) is 19.9 Å². The standard InChI is InChI=1S/C34H37N3O3/c1-6-40-32(39)30-28-29(31(38)24(23-36(4)5)22-33(28,2)3)35-37(30)34(25-16-10-7-11-17-25,26-18-12-8-13-19-26)27-20-14-9-15-21-27/h7-21,23,29,35H,6,22H2,1-5H3. The minimum absolute atomic E-state index is 0.0320. The molecule has 0 aromatic heterocycles. The molecule has 1 atom stereocenters. The van der Waals surface area contributed by atoms with Gasteiger partial charge in [-0.3, -0.25) is 9.80 Å². The Labute approximate surface area is 236 Å². The molecule has 1 N–H and O–H groups in total. The van der Waals surface area contributed by atoms with E-state index in [1.54, 1.807) is 6.92 Å². The second-order valence-electron chi connectivity index (χ2n) is 11.2. The maximum absolute atomic E-state index is 14.1. The number of rotatable bonds is 7. The van der Waals surface area contributed by atoms with Gasteiger partial charge < -0.3 is 9.64 Å². The van der Waals surface area contributed by atoms with Crippen LogP contribution in [0.2, 0.25) is 0 Å². The summed E-state index contributed by atoms with van der Waals surface area (Å²) in [6.07, 6.45) is 2.41. The Kier molecular flexibility index (Phi) is 7.39. The molecule has 0 radical (unpaired) electrons. The van der Waals surface area contributed by atoms with E-state index in [2.05, 4.69) is 55.7 Å².